The number of rotatable bonds is 4. The van der Waals surface area contributed by atoms with Gasteiger partial charge < -0.3 is 10.3 Å². The molecule has 0 aliphatic rings. The molecule has 0 radical (unpaired) electrons. The minimum Gasteiger partial charge on any atom is -0.399 e. The zero-order chi connectivity index (χ0) is 12.3. The minimum atomic E-state index is 0.747. The Hall–Kier alpha value is -1.75. The highest BCUT2D eigenvalue weighted by Crippen LogP contribution is 2.23. The third kappa shape index (κ3) is 2.50. The molecule has 0 aliphatic carbocycles. The van der Waals surface area contributed by atoms with Gasteiger partial charge in [0, 0.05) is 24.1 Å². The van der Waals surface area contributed by atoms with Crippen molar-refractivity contribution in [2.75, 3.05) is 11.5 Å². The van der Waals surface area contributed by atoms with Crippen LogP contribution >= 0.6 is 11.8 Å². The van der Waals surface area contributed by atoms with Crippen LogP contribution in [0.5, 0.6) is 0 Å². The smallest absolute Gasteiger partial charge is 0.191 e. The molecule has 5 heteroatoms. The van der Waals surface area contributed by atoms with Gasteiger partial charge >= 0.3 is 0 Å². The lowest BCUT2D eigenvalue weighted by Gasteiger charge is -2.03. The van der Waals surface area contributed by atoms with Gasteiger partial charge in [-0.15, -0.1) is 16.8 Å². The van der Waals surface area contributed by atoms with E-state index in [0.29, 0.717) is 0 Å². The molecule has 0 spiro atoms. The molecule has 0 amide bonds. The lowest BCUT2D eigenvalue weighted by molar-refractivity contribution is 0.795. The van der Waals surface area contributed by atoms with Gasteiger partial charge in [0.05, 0.1) is 0 Å². The molecule has 17 heavy (non-hydrogen) atoms. The van der Waals surface area contributed by atoms with Gasteiger partial charge in [-0.2, -0.15) is 0 Å². The fourth-order valence-corrected chi connectivity index (χ4v) is 2.10. The Kier molecular flexibility index (Phi) is 3.49. The van der Waals surface area contributed by atoms with Crippen molar-refractivity contribution in [2.24, 2.45) is 7.05 Å². The summed E-state index contributed by atoms with van der Waals surface area (Å²) >= 11 is 1.61. The maximum atomic E-state index is 5.66. The molecule has 0 saturated heterocycles. The molecule has 4 nitrogen and oxygen atoms in total. The first-order valence-corrected chi connectivity index (χ1v) is 6.20. The van der Waals surface area contributed by atoms with E-state index in [0.717, 1.165) is 28.0 Å². The molecule has 0 bridgehead atoms. The van der Waals surface area contributed by atoms with Crippen molar-refractivity contribution < 1.29 is 0 Å². The summed E-state index contributed by atoms with van der Waals surface area (Å²) in [5.41, 5.74) is 7.42. The highest BCUT2D eigenvalue weighted by atomic mass is 32.2. The van der Waals surface area contributed by atoms with Crippen molar-refractivity contribution in [1.82, 2.24) is 14.8 Å². The zero-order valence-corrected chi connectivity index (χ0v) is 10.4. The maximum absolute atomic E-state index is 5.66. The number of hydrogen-bond donors (Lipinski definition) is 1. The Labute approximate surface area is 105 Å². The van der Waals surface area contributed by atoms with E-state index in [1.807, 2.05) is 42.0 Å². The molecule has 88 valence electrons. The molecular formula is C12H14N4S. The van der Waals surface area contributed by atoms with Crippen LogP contribution in [-0.4, -0.2) is 20.5 Å². The summed E-state index contributed by atoms with van der Waals surface area (Å²) in [7, 11) is 1.96. The minimum absolute atomic E-state index is 0.747. The number of nitrogen functional groups attached to an aromatic ring is 1. The molecule has 2 rings (SSSR count). The van der Waals surface area contributed by atoms with E-state index in [2.05, 4.69) is 16.8 Å². The van der Waals surface area contributed by atoms with Crippen LogP contribution in [0.25, 0.3) is 11.4 Å². The lowest BCUT2D eigenvalue weighted by Crippen LogP contribution is -1.95. The Balaban J connectivity index is 2.30. The van der Waals surface area contributed by atoms with Crippen LogP contribution in [0.4, 0.5) is 5.69 Å². The van der Waals surface area contributed by atoms with Gasteiger partial charge in [0.1, 0.15) is 0 Å². The summed E-state index contributed by atoms with van der Waals surface area (Å²) < 4.78 is 1.97. The largest absolute Gasteiger partial charge is 0.399 e. The van der Waals surface area contributed by atoms with Gasteiger partial charge in [-0.3, -0.25) is 0 Å². The number of benzene rings is 1. The van der Waals surface area contributed by atoms with Gasteiger partial charge in [0.25, 0.3) is 0 Å². The molecule has 1 aromatic heterocycles. The van der Waals surface area contributed by atoms with Gasteiger partial charge in [-0.1, -0.05) is 17.8 Å². The molecule has 0 fully saturated rings. The number of aromatic nitrogens is 3. The highest BCUT2D eigenvalue weighted by molar-refractivity contribution is 7.99. The van der Waals surface area contributed by atoms with E-state index >= 15 is 0 Å². The second-order valence-corrected chi connectivity index (χ2v) is 4.57. The number of anilines is 1. The van der Waals surface area contributed by atoms with Crippen molar-refractivity contribution in [3.8, 4) is 11.4 Å². The summed E-state index contributed by atoms with van der Waals surface area (Å²) in [4.78, 5) is 0. The van der Waals surface area contributed by atoms with Gasteiger partial charge in [-0.05, 0) is 24.3 Å². The van der Waals surface area contributed by atoms with Crippen LogP contribution in [-0.2, 0) is 7.05 Å². The Morgan fingerprint density at radius 3 is 2.71 bits per heavy atom. The van der Waals surface area contributed by atoms with E-state index < -0.39 is 0 Å². The van der Waals surface area contributed by atoms with Crippen LogP contribution in [0.2, 0.25) is 0 Å². The van der Waals surface area contributed by atoms with Gasteiger partial charge in [0.15, 0.2) is 11.0 Å². The average molecular weight is 246 g/mol. The number of nitrogens with zero attached hydrogens (tertiary/aromatic N) is 3. The van der Waals surface area contributed by atoms with Gasteiger partial charge in [0.2, 0.25) is 0 Å². The predicted octanol–water partition coefficient (Wildman–Crippen LogP) is 2.34. The summed E-state index contributed by atoms with van der Waals surface area (Å²) in [5, 5.41) is 9.22. The lowest BCUT2D eigenvalue weighted by atomic mass is 10.2. The molecule has 0 atom stereocenters. The standard InChI is InChI=1S/C12H14N4S/c1-3-8-17-12-15-14-11(16(12)2)9-4-6-10(13)7-5-9/h3-7H,1,8,13H2,2H3. The third-order valence-corrected chi connectivity index (χ3v) is 3.35. The van der Waals surface area contributed by atoms with Crippen molar-refractivity contribution in [3.05, 3.63) is 36.9 Å². The first-order chi connectivity index (χ1) is 8.22. The molecule has 0 unspecified atom stereocenters. The number of thioether (sulfide) groups is 1. The molecule has 0 aliphatic heterocycles. The van der Waals surface area contributed by atoms with Crippen LogP contribution in [0.15, 0.2) is 42.1 Å². The fraction of sp³-hybridized carbons (Fsp3) is 0.167. The van der Waals surface area contributed by atoms with Gasteiger partial charge in [-0.25, -0.2) is 0 Å². The molecule has 0 saturated carbocycles. The summed E-state index contributed by atoms with van der Waals surface area (Å²) in [5.74, 6) is 1.67. The number of hydrogen-bond acceptors (Lipinski definition) is 4. The summed E-state index contributed by atoms with van der Waals surface area (Å²) in [6.07, 6.45) is 1.85. The Morgan fingerprint density at radius 1 is 1.35 bits per heavy atom. The molecule has 2 N–H and O–H groups in total. The monoisotopic (exact) mass is 246 g/mol. The summed E-state index contributed by atoms with van der Waals surface area (Å²) in [6, 6.07) is 7.61. The van der Waals surface area contributed by atoms with E-state index in [4.69, 9.17) is 5.73 Å². The highest BCUT2D eigenvalue weighted by Gasteiger charge is 2.10. The molecular weight excluding hydrogens is 232 g/mol. The van der Waals surface area contributed by atoms with Crippen molar-refractivity contribution in [1.29, 1.82) is 0 Å². The van der Waals surface area contributed by atoms with E-state index in [1.54, 1.807) is 11.8 Å². The van der Waals surface area contributed by atoms with Crippen molar-refractivity contribution in [2.45, 2.75) is 5.16 Å². The van der Waals surface area contributed by atoms with E-state index in [-0.39, 0.29) is 0 Å². The average Bonchev–Trinajstić information content (AvgIpc) is 2.69. The third-order valence-electron chi connectivity index (χ3n) is 2.33. The van der Waals surface area contributed by atoms with Crippen molar-refractivity contribution >= 4 is 17.4 Å². The zero-order valence-electron chi connectivity index (χ0n) is 9.63. The number of nitrogens with two attached hydrogens (primary N) is 1. The molecule has 2 aromatic rings. The van der Waals surface area contributed by atoms with Crippen LogP contribution in [0, 0.1) is 0 Å². The first kappa shape index (κ1) is 11.7. The summed E-state index contributed by atoms with van der Waals surface area (Å²) in [6.45, 7) is 3.69. The second kappa shape index (κ2) is 5.05. The normalized spacial score (nSPS) is 10.4. The van der Waals surface area contributed by atoms with E-state index in [1.165, 1.54) is 0 Å². The van der Waals surface area contributed by atoms with Crippen LogP contribution in [0.3, 0.4) is 0 Å². The maximum Gasteiger partial charge on any atom is 0.191 e. The van der Waals surface area contributed by atoms with Crippen LogP contribution < -0.4 is 5.73 Å². The quantitative estimate of drug-likeness (QED) is 0.511. The fourth-order valence-electron chi connectivity index (χ4n) is 1.46. The second-order valence-electron chi connectivity index (χ2n) is 3.59. The molecule has 1 heterocycles. The van der Waals surface area contributed by atoms with Crippen LogP contribution in [0.1, 0.15) is 0 Å². The Bertz CT molecular complexity index is 516. The van der Waals surface area contributed by atoms with E-state index in [9.17, 15) is 0 Å². The Morgan fingerprint density at radius 2 is 2.06 bits per heavy atom. The molecule has 1 aromatic carbocycles. The van der Waals surface area contributed by atoms with Crippen molar-refractivity contribution in [3.63, 3.8) is 0 Å². The topological polar surface area (TPSA) is 56.7 Å². The SMILES string of the molecule is C=CCSc1nnc(-c2ccc(N)cc2)n1C. The first-order valence-electron chi connectivity index (χ1n) is 5.21. The predicted molar refractivity (Wildman–Crippen MR) is 71.8 cm³/mol.